The molecule has 0 unspecified atom stereocenters. The summed E-state index contributed by atoms with van der Waals surface area (Å²) in [6, 6.07) is 0. The van der Waals surface area contributed by atoms with Crippen LogP contribution in [0.25, 0.3) is 0 Å². The molecule has 1 saturated heterocycles. The van der Waals surface area contributed by atoms with Crippen LogP contribution in [0, 0.1) is 11.8 Å². The van der Waals surface area contributed by atoms with Crippen LogP contribution in [0.15, 0.2) is 0 Å². The molecule has 14 heavy (non-hydrogen) atoms. The Bertz CT molecular complexity index is 195. The van der Waals surface area contributed by atoms with E-state index >= 15 is 0 Å². The molecule has 2 rings (SSSR count). The first-order chi connectivity index (χ1) is 6.86. The third kappa shape index (κ3) is 2.98. The first kappa shape index (κ1) is 9.97. The molecule has 1 aliphatic heterocycles. The van der Waals surface area contributed by atoms with Crippen LogP contribution >= 0.6 is 0 Å². The molecule has 1 aliphatic carbocycles. The van der Waals surface area contributed by atoms with E-state index < -0.39 is 0 Å². The van der Waals surface area contributed by atoms with Crippen molar-refractivity contribution in [2.45, 2.75) is 32.1 Å². The van der Waals surface area contributed by atoms with Crippen LogP contribution < -0.4 is 10.6 Å². The van der Waals surface area contributed by atoms with Crippen LogP contribution in [-0.4, -0.2) is 25.5 Å². The summed E-state index contributed by atoms with van der Waals surface area (Å²) >= 11 is 0. The van der Waals surface area contributed by atoms with Crippen molar-refractivity contribution in [2.75, 3.05) is 19.6 Å². The minimum Gasteiger partial charge on any atom is -0.356 e. The number of carbonyl (C=O) groups excluding carboxylic acids is 1. The number of rotatable bonds is 4. The Labute approximate surface area is 85.6 Å². The van der Waals surface area contributed by atoms with Crippen LogP contribution in [0.4, 0.5) is 0 Å². The quantitative estimate of drug-likeness (QED) is 0.701. The van der Waals surface area contributed by atoms with Crippen LogP contribution in [-0.2, 0) is 4.79 Å². The Hall–Kier alpha value is -0.570. The average Bonchev–Trinajstić information content (AvgIpc) is 3.03. The van der Waals surface area contributed by atoms with E-state index in [0.717, 1.165) is 38.4 Å². The van der Waals surface area contributed by atoms with Crippen molar-refractivity contribution in [1.29, 1.82) is 0 Å². The smallest absolute Gasteiger partial charge is 0.223 e. The Morgan fingerprint density at radius 2 is 1.93 bits per heavy atom. The van der Waals surface area contributed by atoms with E-state index in [-0.39, 0.29) is 11.8 Å². The molecule has 0 bridgehead atoms. The lowest BCUT2D eigenvalue weighted by Crippen LogP contribution is -2.38. The van der Waals surface area contributed by atoms with Crippen molar-refractivity contribution in [3.63, 3.8) is 0 Å². The van der Waals surface area contributed by atoms with E-state index in [1.54, 1.807) is 0 Å². The van der Waals surface area contributed by atoms with Crippen molar-refractivity contribution in [1.82, 2.24) is 10.6 Å². The maximum Gasteiger partial charge on any atom is 0.223 e. The van der Waals surface area contributed by atoms with Gasteiger partial charge in [0.05, 0.1) is 0 Å². The lowest BCUT2D eigenvalue weighted by atomic mass is 9.97. The Morgan fingerprint density at radius 1 is 1.21 bits per heavy atom. The monoisotopic (exact) mass is 196 g/mol. The second kappa shape index (κ2) is 4.78. The first-order valence-corrected chi connectivity index (χ1v) is 5.84. The average molecular weight is 196 g/mol. The number of hydrogen-bond donors (Lipinski definition) is 2. The van der Waals surface area contributed by atoms with E-state index in [2.05, 4.69) is 10.6 Å². The van der Waals surface area contributed by atoms with Crippen LogP contribution in [0.3, 0.4) is 0 Å². The second-order valence-corrected chi connectivity index (χ2v) is 4.55. The second-order valence-electron chi connectivity index (χ2n) is 4.55. The van der Waals surface area contributed by atoms with Crippen LogP contribution in [0.5, 0.6) is 0 Å². The molecular formula is C11H20N2O. The Morgan fingerprint density at radius 3 is 2.57 bits per heavy atom. The fraction of sp³-hybridized carbons (Fsp3) is 0.909. The molecule has 1 saturated carbocycles. The molecule has 0 atom stereocenters. The summed E-state index contributed by atoms with van der Waals surface area (Å²) in [4.78, 5) is 11.7. The molecule has 3 nitrogen and oxygen atoms in total. The van der Waals surface area contributed by atoms with Crippen molar-refractivity contribution in [3.05, 3.63) is 0 Å². The summed E-state index contributed by atoms with van der Waals surface area (Å²) in [6.07, 6.45) is 5.97. The van der Waals surface area contributed by atoms with Gasteiger partial charge in [0.25, 0.3) is 0 Å². The highest BCUT2D eigenvalue weighted by Crippen LogP contribution is 2.31. The predicted octanol–water partition coefficient (Wildman–Crippen LogP) is 0.902. The molecule has 0 spiro atoms. The molecule has 2 fully saturated rings. The topological polar surface area (TPSA) is 41.1 Å². The van der Waals surface area contributed by atoms with Crippen molar-refractivity contribution < 1.29 is 4.79 Å². The van der Waals surface area contributed by atoms with Gasteiger partial charge in [0.1, 0.15) is 0 Å². The molecule has 80 valence electrons. The van der Waals surface area contributed by atoms with E-state index in [1.807, 2.05) is 0 Å². The summed E-state index contributed by atoms with van der Waals surface area (Å²) in [7, 11) is 0. The van der Waals surface area contributed by atoms with E-state index in [1.165, 1.54) is 19.3 Å². The lowest BCUT2D eigenvalue weighted by Gasteiger charge is -2.21. The molecule has 2 N–H and O–H groups in total. The van der Waals surface area contributed by atoms with Gasteiger partial charge < -0.3 is 10.6 Å². The van der Waals surface area contributed by atoms with Crippen LogP contribution in [0.1, 0.15) is 32.1 Å². The van der Waals surface area contributed by atoms with E-state index in [0.29, 0.717) is 0 Å². The van der Waals surface area contributed by atoms with Gasteiger partial charge in [-0.1, -0.05) is 12.8 Å². The molecule has 0 aromatic rings. The van der Waals surface area contributed by atoms with Gasteiger partial charge in [0, 0.05) is 12.5 Å². The predicted molar refractivity (Wildman–Crippen MR) is 55.9 cm³/mol. The molecule has 0 aromatic carbocycles. The highest BCUT2D eigenvalue weighted by atomic mass is 16.1. The number of amides is 1. The van der Waals surface area contributed by atoms with Gasteiger partial charge in [-0.2, -0.15) is 0 Å². The normalized spacial score (nSPS) is 23.4. The summed E-state index contributed by atoms with van der Waals surface area (Å²) in [5.74, 6) is 1.48. The number of carbonyl (C=O) groups is 1. The van der Waals surface area contributed by atoms with Crippen molar-refractivity contribution in [3.8, 4) is 0 Å². The van der Waals surface area contributed by atoms with Gasteiger partial charge in [-0.25, -0.2) is 0 Å². The third-order valence-electron chi connectivity index (χ3n) is 3.26. The summed E-state index contributed by atoms with van der Waals surface area (Å²) < 4.78 is 0. The van der Waals surface area contributed by atoms with Gasteiger partial charge in [-0.15, -0.1) is 0 Å². The Kier molecular flexibility index (Phi) is 3.40. The minimum atomic E-state index is 0.274. The highest BCUT2D eigenvalue weighted by Gasteiger charge is 2.23. The van der Waals surface area contributed by atoms with Crippen molar-refractivity contribution in [2.24, 2.45) is 11.8 Å². The van der Waals surface area contributed by atoms with Gasteiger partial charge in [0.15, 0.2) is 0 Å². The molecule has 2 aliphatic rings. The summed E-state index contributed by atoms with van der Waals surface area (Å²) in [5.41, 5.74) is 0. The standard InChI is InChI=1S/C11H20N2O/c14-11(10-4-6-12-7-5-10)13-8-3-9-1-2-9/h9-10,12H,1-8H2,(H,13,14). The maximum atomic E-state index is 11.7. The largest absolute Gasteiger partial charge is 0.356 e. The summed E-state index contributed by atoms with van der Waals surface area (Å²) in [6.45, 7) is 2.90. The molecular weight excluding hydrogens is 176 g/mol. The zero-order valence-electron chi connectivity index (χ0n) is 8.72. The van der Waals surface area contributed by atoms with E-state index in [9.17, 15) is 4.79 Å². The third-order valence-corrected chi connectivity index (χ3v) is 3.26. The number of piperidine rings is 1. The zero-order valence-corrected chi connectivity index (χ0v) is 8.72. The SMILES string of the molecule is O=C(NCCC1CC1)C1CCNCC1. The van der Waals surface area contributed by atoms with Gasteiger partial charge in [0.2, 0.25) is 5.91 Å². The first-order valence-electron chi connectivity index (χ1n) is 5.84. The van der Waals surface area contributed by atoms with E-state index in [4.69, 9.17) is 0 Å². The Balaban J connectivity index is 1.60. The minimum absolute atomic E-state index is 0.274. The van der Waals surface area contributed by atoms with Gasteiger partial charge in [-0.3, -0.25) is 4.79 Å². The van der Waals surface area contributed by atoms with Crippen molar-refractivity contribution >= 4 is 5.91 Å². The fourth-order valence-electron chi connectivity index (χ4n) is 2.03. The van der Waals surface area contributed by atoms with Gasteiger partial charge >= 0.3 is 0 Å². The zero-order chi connectivity index (χ0) is 9.80. The molecule has 0 aromatic heterocycles. The molecule has 3 heteroatoms. The number of nitrogens with one attached hydrogen (secondary N) is 2. The molecule has 1 heterocycles. The lowest BCUT2D eigenvalue weighted by molar-refractivity contribution is -0.125. The maximum absolute atomic E-state index is 11.7. The van der Waals surface area contributed by atoms with Crippen LogP contribution in [0.2, 0.25) is 0 Å². The highest BCUT2D eigenvalue weighted by molar-refractivity contribution is 5.78. The molecule has 0 radical (unpaired) electrons. The number of hydrogen-bond acceptors (Lipinski definition) is 2. The molecule has 1 amide bonds. The fourth-order valence-corrected chi connectivity index (χ4v) is 2.03. The van der Waals surface area contributed by atoms with Gasteiger partial charge in [-0.05, 0) is 38.3 Å². The summed E-state index contributed by atoms with van der Waals surface area (Å²) in [5, 5.41) is 6.33.